The Morgan fingerprint density at radius 3 is 2.29 bits per heavy atom. The minimum absolute atomic E-state index is 0.0972. The standard InChI is InChI=1S/C11H22N4O2/c1-3-4-10(11(17)13-12)15-7-5-14(6-8-15)9(2)16/h10H,3-8,12H2,1-2H3,(H,13,17). The van der Waals surface area contributed by atoms with Crippen LogP contribution in [0.1, 0.15) is 26.7 Å². The molecular formula is C11H22N4O2. The monoisotopic (exact) mass is 242 g/mol. The van der Waals surface area contributed by atoms with E-state index in [0.717, 1.165) is 25.9 Å². The fourth-order valence-corrected chi connectivity index (χ4v) is 2.20. The van der Waals surface area contributed by atoms with Gasteiger partial charge in [0.05, 0.1) is 6.04 Å². The van der Waals surface area contributed by atoms with E-state index in [2.05, 4.69) is 10.3 Å². The number of piperazine rings is 1. The molecule has 1 fully saturated rings. The van der Waals surface area contributed by atoms with Crippen LogP contribution in [0, 0.1) is 0 Å². The highest BCUT2D eigenvalue weighted by Gasteiger charge is 2.28. The molecule has 1 rings (SSSR count). The van der Waals surface area contributed by atoms with Crippen molar-refractivity contribution in [2.75, 3.05) is 26.2 Å². The molecule has 0 aromatic rings. The van der Waals surface area contributed by atoms with Gasteiger partial charge in [0.1, 0.15) is 0 Å². The van der Waals surface area contributed by atoms with Crippen LogP contribution in [0.25, 0.3) is 0 Å². The molecule has 0 aromatic carbocycles. The minimum atomic E-state index is -0.167. The van der Waals surface area contributed by atoms with E-state index in [1.807, 2.05) is 6.92 Å². The van der Waals surface area contributed by atoms with Crippen LogP contribution in [0.15, 0.2) is 0 Å². The summed E-state index contributed by atoms with van der Waals surface area (Å²) in [5.74, 6) is 5.16. The zero-order chi connectivity index (χ0) is 12.8. The maximum absolute atomic E-state index is 11.7. The van der Waals surface area contributed by atoms with E-state index in [9.17, 15) is 9.59 Å². The number of nitrogens with two attached hydrogens (primary N) is 1. The maximum Gasteiger partial charge on any atom is 0.251 e. The molecule has 1 saturated heterocycles. The van der Waals surface area contributed by atoms with Gasteiger partial charge in [-0.15, -0.1) is 0 Å². The van der Waals surface area contributed by atoms with Crippen molar-refractivity contribution >= 4 is 11.8 Å². The van der Waals surface area contributed by atoms with Crippen molar-refractivity contribution in [3.63, 3.8) is 0 Å². The highest BCUT2D eigenvalue weighted by atomic mass is 16.2. The van der Waals surface area contributed by atoms with Gasteiger partial charge >= 0.3 is 0 Å². The molecule has 0 aliphatic carbocycles. The third-order valence-electron chi connectivity index (χ3n) is 3.21. The van der Waals surface area contributed by atoms with Crippen LogP contribution < -0.4 is 11.3 Å². The number of hydrogen-bond donors (Lipinski definition) is 2. The number of nitrogens with one attached hydrogen (secondary N) is 1. The highest BCUT2D eigenvalue weighted by molar-refractivity contribution is 5.81. The third-order valence-corrected chi connectivity index (χ3v) is 3.21. The first kappa shape index (κ1) is 13.9. The second-order valence-corrected chi connectivity index (χ2v) is 4.36. The van der Waals surface area contributed by atoms with Crippen LogP contribution in [0.3, 0.4) is 0 Å². The summed E-state index contributed by atoms with van der Waals surface area (Å²) in [7, 11) is 0. The Hall–Kier alpha value is -1.14. The maximum atomic E-state index is 11.7. The van der Waals surface area contributed by atoms with Crippen LogP contribution in [-0.2, 0) is 9.59 Å². The number of carbonyl (C=O) groups is 2. The number of amides is 2. The summed E-state index contributed by atoms with van der Waals surface area (Å²) in [6.07, 6.45) is 1.73. The normalized spacial score (nSPS) is 18.9. The van der Waals surface area contributed by atoms with E-state index < -0.39 is 0 Å². The third kappa shape index (κ3) is 3.67. The van der Waals surface area contributed by atoms with Crippen molar-refractivity contribution in [3.05, 3.63) is 0 Å². The van der Waals surface area contributed by atoms with Gasteiger partial charge in [-0.3, -0.25) is 19.9 Å². The molecule has 0 aromatic heterocycles. The number of carbonyl (C=O) groups excluding carboxylic acids is 2. The van der Waals surface area contributed by atoms with Crippen LogP contribution in [0.2, 0.25) is 0 Å². The first-order chi connectivity index (χ1) is 8.10. The molecule has 98 valence electrons. The largest absolute Gasteiger partial charge is 0.340 e. The molecule has 1 unspecified atom stereocenters. The summed E-state index contributed by atoms with van der Waals surface area (Å²) in [6.45, 7) is 6.46. The smallest absolute Gasteiger partial charge is 0.251 e. The molecule has 0 saturated carbocycles. The molecule has 17 heavy (non-hydrogen) atoms. The topological polar surface area (TPSA) is 78.7 Å². The van der Waals surface area contributed by atoms with Gasteiger partial charge in [-0.25, -0.2) is 5.84 Å². The van der Waals surface area contributed by atoms with Gasteiger partial charge in [-0.2, -0.15) is 0 Å². The molecule has 2 amide bonds. The van der Waals surface area contributed by atoms with E-state index in [0.29, 0.717) is 13.1 Å². The Labute approximate surface area is 102 Å². The highest BCUT2D eigenvalue weighted by Crippen LogP contribution is 2.11. The fourth-order valence-electron chi connectivity index (χ4n) is 2.20. The van der Waals surface area contributed by atoms with Gasteiger partial charge in [0.15, 0.2) is 0 Å². The average Bonchev–Trinajstić information content (AvgIpc) is 2.35. The first-order valence-electron chi connectivity index (χ1n) is 6.10. The molecule has 0 radical (unpaired) electrons. The molecule has 0 bridgehead atoms. The summed E-state index contributed by atoms with van der Waals surface area (Å²) in [6, 6.07) is -0.167. The second-order valence-electron chi connectivity index (χ2n) is 4.36. The van der Waals surface area contributed by atoms with Crippen LogP contribution in [0.4, 0.5) is 0 Å². The van der Waals surface area contributed by atoms with Crippen molar-refractivity contribution in [3.8, 4) is 0 Å². The van der Waals surface area contributed by atoms with Gasteiger partial charge < -0.3 is 4.90 Å². The Kier molecular flexibility index (Phi) is 5.37. The van der Waals surface area contributed by atoms with Crippen molar-refractivity contribution in [2.24, 2.45) is 5.84 Å². The van der Waals surface area contributed by atoms with E-state index in [-0.39, 0.29) is 17.9 Å². The van der Waals surface area contributed by atoms with Gasteiger partial charge in [-0.05, 0) is 6.42 Å². The van der Waals surface area contributed by atoms with Crippen LogP contribution in [-0.4, -0.2) is 53.8 Å². The molecule has 1 atom stereocenters. The summed E-state index contributed by atoms with van der Waals surface area (Å²) < 4.78 is 0. The zero-order valence-electron chi connectivity index (χ0n) is 10.6. The Morgan fingerprint density at radius 2 is 1.88 bits per heavy atom. The Balaban J connectivity index is 2.54. The van der Waals surface area contributed by atoms with Gasteiger partial charge in [0.25, 0.3) is 5.91 Å². The minimum Gasteiger partial charge on any atom is -0.340 e. The number of hydrogen-bond acceptors (Lipinski definition) is 4. The van der Waals surface area contributed by atoms with Gasteiger partial charge in [0, 0.05) is 33.1 Å². The molecular weight excluding hydrogens is 220 g/mol. The Bertz CT molecular complexity index is 275. The predicted molar refractivity (Wildman–Crippen MR) is 64.9 cm³/mol. The van der Waals surface area contributed by atoms with Crippen molar-refractivity contribution in [1.29, 1.82) is 0 Å². The Morgan fingerprint density at radius 1 is 1.29 bits per heavy atom. The number of rotatable bonds is 4. The molecule has 1 heterocycles. The second kappa shape index (κ2) is 6.56. The number of nitrogens with zero attached hydrogens (tertiary/aromatic N) is 2. The fraction of sp³-hybridized carbons (Fsp3) is 0.818. The van der Waals surface area contributed by atoms with Crippen molar-refractivity contribution in [1.82, 2.24) is 15.2 Å². The van der Waals surface area contributed by atoms with E-state index in [4.69, 9.17) is 5.84 Å². The summed E-state index contributed by atoms with van der Waals surface area (Å²) in [5, 5.41) is 0. The first-order valence-corrected chi connectivity index (χ1v) is 6.10. The molecule has 0 spiro atoms. The summed E-state index contributed by atoms with van der Waals surface area (Å²) >= 11 is 0. The molecule has 1 aliphatic rings. The van der Waals surface area contributed by atoms with E-state index in [1.165, 1.54) is 0 Å². The van der Waals surface area contributed by atoms with Crippen LogP contribution in [0.5, 0.6) is 0 Å². The molecule has 6 nitrogen and oxygen atoms in total. The predicted octanol–water partition coefficient (Wildman–Crippen LogP) is -0.691. The lowest BCUT2D eigenvalue weighted by atomic mass is 10.1. The lowest BCUT2D eigenvalue weighted by Crippen LogP contribution is -2.56. The average molecular weight is 242 g/mol. The number of hydrazine groups is 1. The van der Waals surface area contributed by atoms with E-state index >= 15 is 0 Å². The van der Waals surface area contributed by atoms with Gasteiger partial charge in [-0.1, -0.05) is 13.3 Å². The van der Waals surface area contributed by atoms with Crippen LogP contribution >= 0.6 is 0 Å². The molecule has 3 N–H and O–H groups in total. The quantitative estimate of drug-likeness (QED) is 0.388. The molecule has 1 aliphatic heterocycles. The lowest BCUT2D eigenvalue weighted by molar-refractivity contribution is -0.132. The van der Waals surface area contributed by atoms with Crippen molar-refractivity contribution in [2.45, 2.75) is 32.7 Å². The summed E-state index contributed by atoms with van der Waals surface area (Å²) in [4.78, 5) is 26.8. The van der Waals surface area contributed by atoms with Crippen molar-refractivity contribution < 1.29 is 9.59 Å². The summed E-state index contributed by atoms with van der Waals surface area (Å²) in [5.41, 5.74) is 2.22. The van der Waals surface area contributed by atoms with Gasteiger partial charge in [0.2, 0.25) is 5.91 Å². The van der Waals surface area contributed by atoms with E-state index in [1.54, 1.807) is 11.8 Å². The SMILES string of the molecule is CCCC(C(=O)NN)N1CCN(C(C)=O)CC1. The molecule has 6 heteroatoms. The lowest BCUT2D eigenvalue weighted by Gasteiger charge is -2.38. The zero-order valence-corrected chi connectivity index (χ0v) is 10.6.